The van der Waals surface area contributed by atoms with Crippen molar-refractivity contribution in [1.82, 2.24) is 4.90 Å². The van der Waals surface area contributed by atoms with Gasteiger partial charge in [-0.05, 0) is 19.3 Å². The number of piperidine rings is 1. The van der Waals surface area contributed by atoms with Crippen LogP contribution < -0.4 is 0 Å². The molecular weight excluding hydrogens is 218 g/mol. The van der Waals surface area contributed by atoms with Crippen molar-refractivity contribution >= 4 is 11.9 Å². The van der Waals surface area contributed by atoms with Gasteiger partial charge in [-0.25, -0.2) is 0 Å². The number of carbonyl (C=O) groups excluding carboxylic acids is 1. The van der Waals surface area contributed by atoms with Crippen LogP contribution in [0.15, 0.2) is 0 Å². The molecule has 1 aliphatic rings. The van der Waals surface area contributed by atoms with Gasteiger partial charge < -0.3 is 10.0 Å². The van der Waals surface area contributed by atoms with Gasteiger partial charge in [0.1, 0.15) is 0 Å². The Labute approximate surface area is 103 Å². The molecule has 1 fully saturated rings. The van der Waals surface area contributed by atoms with Crippen LogP contribution in [0.1, 0.15) is 46.5 Å². The van der Waals surface area contributed by atoms with Crippen LogP contribution in [-0.2, 0) is 9.59 Å². The molecule has 4 nitrogen and oxygen atoms in total. The third-order valence-corrected chi connectivity index (χ3v) is 3.59. The number of nitrogens with zero attached hydrogens (tertiary/aromatic N) is 1. The first-order valence-corrected chi connectivity index (χ1v) is 6.40. The fraction of sp³-hybridized carbons (Fsp3) is 0.846. The van der Waals surface area contributed by atoms with Gasteiger partial charge in [0.25, 0.3) is 0 Å². The lowest BCUT2D eigenvalue weighted by Crippen LogP contribution is -2.46. The van der Waals surface area contributed by atoms with Gasteiger partial charge in [0.2, 0.25) is 5.91 Å². The molecule has 1 amide bonds. The average molecular weight is 241 g/mol. The minimum absolute atomic E-state index is 0.170. The standard InChI is InChI=1S/C13H23NO3/c1-4-7-13(2,3)12(17)14-8-5-10(6-9-14)11(15)16/h10H,4-9H2,1-3H3,(H,15,16). The zero-order valence-corrected chi connectivity index (χ0v) is 11.0. The molecule has 1 N–H and O–H groups in total. The number of carboxylic acid groups (broad SMARTS) is 1. The molecule has 1 aliphatic heterocycles. The number of hydrogen-bond donors (Lipinski definition) is 1. The first kappa shape index (κ1) is 14.0. The number of carboxylic acids is 1. The summed E-state index contributed by atoms with van der Waals surface area (Å²) in [5.74, 6) is -0.832. The van der Waals surface area contributed by atoms with E-state index in [0.29, 0.717) is 25.9 Å². The Balaban J connectivity index is 2.54. The van der Waals surface area contributed by atoms with E-state index in [4.69, 9.17) is 5.11 Å². The number of rotatable bonds is 4. The van der Waals surface area contributed by atoms with E-state index in [-0.39, 0.29) is 17.2 Å². The molecule has 0 radical (unpaired) electrons. The highest BCUT2D eigenvalue weighted by molar-refractivity contribution is 5.82. The van der Waals surface area contributed by atoms with Gasteiger partial charge >= 0.3 is 5.97 Å². The highest BCUT2D eigenvalue weighted by Crippen LogP contribution is 2.28. The van der Waals surface area contributed by atoms with Crippen molar-refractivity contribution in [1.29, 1.82) is 0 Å². The molecule has 17 heavy (non-hydrogen) atoms. The summed E-state index contributed by atoms with van der Waals surface area (Å²) in [5, 5.41) is 8.90. The molecule has 0 saturated carbocycles. The average Bonchev–Trinajstić information content (AvgIpc) is 2.28. The molecule has 0 aliphatic carbocycles. The summed E-state index contributed by atoms with van der Waals surface area (Å²) in [6.07, 6.45) is 3.04. The van der Waals surface area contributed by atoms with Crippen molar-refractivity contribution in [2.45, 2.75) is 46.5 Å². The second kappa shape index (κ2) is 5.52. The maximum absolute atomic E-state index is 12.3. The minimum atomic E-state index is -0.732. The van der Waals surface area contributed by atoms with Crippen LogP contribution in [0.3, 0.4) is 0 Å². The summed E-state index contributed by atoms with van der Waals surface area (Å²) in [4.78, 5) is 24.9. The van der Waals surface area contributed by atoms with Gasteiger partial charge in [0.15, 0.2) is 0 Å². The summed E-state index contributed by atoms with van der Waals surface area (Å²) in [6, 6.07) is 0. The van der Waals surface area contributed by atoms with E-state index in [1.165, 1.54) is 0 Å². The smallest absolute Gasteiger partial charge is 0.306 e. The Morgan fingerprint density at radius 2 is 1.82 bits per heavy atom. The highest BCUT2D eigenvalue weighted by atomic mass is 16.4. The van der Waals surface area contributed by atoms with Crippen LogP contribution in [0.5, 0.6) is 0 Å². The van der Waals surface area contributed by atoms with Crippen LogP contribution in [0, 0.1) is 11.3 Å². The van der Waals surface area contributed by atoms with Crippen molar-refractivity contribution in [3.05, 3.63) is 0 Å². The van der Waals surface area contributed by atoms with Crippen LogP contribution in [-0.4, -0.2) is 35.0 Å². The molecule has 0 bridgehead atoms. The van der Waals surface area contributed by atoms with Crippen LogP contribution >= 0.6 is 0 Å². The summed E-state index contributed by atoms with van der Waals surface area (Å²) in [6.45, 7) is 7.20. The zero-order valence-electron chi connectivity index (χ0n) is 11.0. The quantitative estimate of drug-likeness (QED) is 0.820. The molecule has 0 atom stereocenters. The maximum Gasteiger partial charge on any atom is 0.306 e. The Hall–Kier alpha value is -1.06. The molecule has 0 aromatic heterocycles. The summed E-state index contributed by atoms with van der Waals surface area (Å²) in [5.41, 5.74) is -0.315. The number of carbonyl (C=O) groups is 2. The van der Waals surface area contributed by atoms with Crippen molar-refractivity contribution < 1.29 is 14.7 Å². The van der Waals surface area contributed by atoms with Gasteiger partial charge in [-0.3, -0.25) is 9.59 Å². The van der Waals surface area contributed by atoms with Crippen molar-refractivity contribution in [2.75, 3.05) is 13.1 Å². The van der Waals surface area contributed by atoms with E-state index in [1.807, 2.05) is 18.7 Å². The van der Waals surface area contributed by atoms with Gasteiger partial charge in [-0.2, -0.15) is 0 Å². The van der Waals surface area contributed by atoms with Gasteiger partial charge in [0, 0.05) is 18.5 Å². The summed E-state index contributed by atoms with van der Waals surface area (Å²) in [7, 11) is 0. The Morgan fingerprint density at radius 1 is 1.29 bits per heavy atom. The fourth-order valence-corrected chi connectivity index (χ4v) is 2.49. The molecule has 4 heteroatoms. The fourth-order valence-electron chi connectivity index (χ4n) is 2.49. The molecular formula is C13H23NO3. The van der Waals surface area contributed by atoms with E-state index in [0.717, 1.165) is 12.8 Å². The van der Waals surface area contributed by atoms with Gasteiger partial charge in [0.05, 0.1) is 5.92 Å². The lowest BCUT2D eigenvalue weighted by Gasteiger charge is -2.36. The van der Waals surface area contributed by atoms with Crippen molar-refractivity contribution in [3.63, 3.8) is 0 Å². The van der Waals surface area contributed by atoms with Crippen molar-refractivity contribution in [3.8, 4) is 0 Å². The first-order chi connectivity index (χ1) is 7.88. The molecule has 0 aromatic rings. The number of aliphatic carboxylic acids is 1. The largest absolute Gasteiger partial charge is 0.481 e. The van der Waals surface area contributed by atoms with E-state index in [1.54, 1.807) is 0 Å². The topological polar surface area (TPSA) is 57.6 Å². The monoisotopic (exact) mass is 241 g/mol. The van der Waals surface area contributed by atoms with E-state index in [2.05, 4.69) is 6.92 Å². The minimum Gasteiger partial charge on any atom is -0.481 e. The molecule has 98 valence electrons. The lowest BCUT2D eigenvalue weighted by molar-refractivity contribution is -0.148. The molecule has 1 saturated heterocycles. The second-order valence-corrected chi connectivity index (χ2v) is 5.54. The van der Waals surface area contributed by atoms with Gasteiger partial charge in [-0.15, -0.1) is 0 Å². The Kier molecular flexibility index (Phi) is 4.54. The number of amides is 1. The number of hydrogen-bond acceptors (Lipinski definition) is 2. The SMILES string of the molecule is CCCC(C)(C)C(=O)N1CCC(C(=O)O)CC1. The van der Waals surface area contributed by atoms with Crippen LogP contribution in [0.2, 0.25) is 0 Å². The third kappa shape index (κ3) is 3.45. The van der Waals surface area contributed by atoms with Crippen LogP contribution in [0.25, 0.3) is 0 Å². The predicted octanol–water partition coefficient (Wildman–Crippen LogP) is 2.14. The Bertz CT molecular complexity index is 291. The van der Waals surface area contributed by atoms with E-state index >= 15 is 0 Å². The third-order valence-electron chi connectivity index (χ3n) is 3.59. The zero-order chi connectivity index (χ0) is 13.1. The lowest BCUT2D eigenvalue weighted by atomic mass is 9.85. The first-order valence-electron chi connectivity index (χ1n) is 6.40. The van der Waals surface area contributed by atoms with Gasteiger partial charge in [-0.1, -0.05) is 27.2 Å². The molecule has 0 unspecified atom stereocenters. The number of likely N-dealkylation sites (tertiary alicyclic amines) is 1. The van der Waals surface area contributed by atoms with E-state index < -0.39 is 5.97 Å². The maximum atomic E-state index is 12.3. The predicted molar refractivity (Wildman–Crippen MR) is 65.6 cm³/mol. The van der Waals surface area contributed by atoms with E-state index in [9.17, 15) is 9.59 Å². The Morgan fingerprint density at radius 3 is 2.24 bits per heavy atom. The molecule has 0 spiro atoms. The molecule has 0 aromatic carbocycles. The molecule has 1 rings (SSSR count). The second-order valence-electron chi connectivity index (χ2n) is 5.54. The van der Waals surface area contributed by atoms with Crippen molar-refractivity contribution in [2.24, 2.45) is 11.3 Å². The molecule has 1 heterocycles. The summed E-state index contributed by atoms with van der Waals surface area (Å²) >= 11 is 0. The summed E-state index contributed by atoms with van der Waals surface area (Å²) < 4.78 is 0. The highest BCUT2D eigenvalue weighted by Gasteiger charge is 2.34. The normalized spacial score (nSPS) is 18.2. The van der Waals surface area contributed by atoms with Crippen LogP contribution in [0.4, 0.5) is 0 Å².